The lowest BCUT2D eigenvalue weighted by Gasteiger charge is -2.17. The maximum Gasteiger partial charge on any atom is 0.129 e. The first-order valence-electron chi connectivity index (χ1n) is 5.90. The van der Waals surface area contributed by atoms with Crippen LogP contribution in [0.3, 0.4) is 0 Å². The summed E-state index contributed by atoms with van der Waals surface area (Å²) in [5, 5.41) is 1.03. The lowest BCUT2D eigenvalue weighted by Crippen LogP contribution is -2.30. The number of halogens is 3. The average molecular weight is 331 g/mol. The van der Waals surface area contributed by atoms with Crippen molar-refractivity contribution in [3.8, 4) is 0 Å². The number of nitrogens with one attached hydrogen (secondary N) is 1. The third-order valence-corrected chi connectivity index (χ3v) is 4.62. The molecular weight excluding hydrogens is 318 g/mol. The predicted octanol–water partition coefficient (Wildman–Crippen LogP) is 4.43. The van der Waals surface area contributed by atoms with Crippen molar-refractivity contribution in [3.63, 3.8) is 0 Å². The molecule has 0 aliphatic carbocycles. The van der Waals surface area contributed by atoms with Crippen molar-refractivity contribution in [2.24, 2.45) is 5.84 Å². The first kappa shape index (κ1) is 15.6. The van der Waals surface area contributed by atoms with Crippen LogP contribution in [0.5, 0.6) is 0 Å². The third kappa shape index (κ3) is 3.87. The second kappa shape index (κ2) is 7.29. The molecule has 0 spiro atoms. The summed E-state index contributed by atoms with van der Waals surface area (Å²) in [6.07, 6.45) is 0. The molecule has 3 N–H and O–H groups in total. The largest absolute Gasteiger partial charge is 0.271 e. The molecule has 2 rings (SSSR count). The van der Waals surface area contributed by atoms with E-state index < -0.39 is 0 Å². The predicted molar refractivity (Wildman–Crippen MR) is 83.7 cm³/mol. The molecule has 1 unspecified atom stereocenters. The van der Waals surface area contributed by atoms with Crippen LogP contribution in [-0.4, -0.2) is 5.75 Å². The highest BCUT2D eigenvalue weighted by atomic mass is 35.5. The normalized spacial score (nSPS) is 12.4. The Bertz CT molecular complexity index is 595. The zero-order valence-electron chi connectivity index (χ0n) is 10.4. The van der Waals surface area contributed by atoms with E-state index in [2.05, 4.69) is 5.43 Å². The Hall–Kier alpha value is -0.780. The van der Waals surface area contributed by atoms with E-state index >= 15 is 0 Å². The molecule has 6 heteroatoms. The molecular formula is C14H13Cl2FN2S. The molecule has 0 radical (unpaired) electrons. The van der Waals surface area contributed by atoms with Crippen LogP contribution >= 0.6 is 35.0 Å². The van der Waals surface area contributed by atoms with Gasteiger partial charge in [-0.3, -0.25) is 11.3 Å². The van der Waals surface area contributed by atoms with Crippen LogP contribution < -0.4 is 11.3 Å². The van der Waals surface area contributed by atoms with Gasteiger partial charge in [-0.05, 0) is 24.3 Å². The number of benzene rings is 2. The Balaban J connectivity index is 2.11. The summed E-state index contributed by atoms with van der Waals surface area (Å²) < 4.78 is 13.9. The second-order valence-electron chi connectivity index (χ2n) is 4.13. The van der Waals surface area contributed by atoms with Crippen molar-refractivity contribution >= 4 is 35.0 Å². The van der Waals surface area contributed by atoms with Crippen molar-refractivity contribution in [1.82, 2.24) is 5.43 Å². The molecule has 2 aromatic carbocycles. The zero-order valence-corrected chi connectivity index (χ0v) is 12.8. The van der Waals surface area contributed by atoms with Crippen molar-refractivity contribution in [3.05, 3.63) is 63.9 Å². The van der Waals surface area contributed by atoms with Gasteiger partial charge < -0.3 is 0 Å². The number of hydrogen-bond donors (Lipinski definition) is 2. The van der Waals surface area contributed by atoms with Crippen LogP contribution in [0, 0.1) is 5.82 Å². The van der Waals surface area contributed by atoms with E-state index in [9.17, 15) is 4.39 Å². The third-order valence-electron chi connectivity index (χ3n) is 2.78. The van der Waals surface area contributed by atoms with E-state index in [4.69, 9.17) is 29.0 Å². The number of hydrazine groups is 1. The smallest absolute Gasteiger partial charge is 0.129 e. The fourth-order valence-corrected chi connectivity index (χ4v) is 3.21. The maximum absolute atomic E-state index is 13.9. The van der Waals surface area contributed by atoms with Gasteiger partial charge in [0.15, 0.2) is 0 Å². The molecule has 2 nitrogen and oxygen atoms in total. The quantitative estimate of drug-likeness (QED) is 0.484. The Kier molecular flexibility index (Phi) is 5.69. The highest BCUT2D eigenvalue weighted by Crippen LogP contribution is 2.31. The molecule has 0 amide bonds. The molecule has 0 aliphatic heterocycles. The Morgan fingerprint density at radius 2 is 1.95 bits per heavy atom. The first-order valence-corrected chi connectivity index (χ1v) is 7.64. The standard InChI is InChI=1S/C14H13Cl2FN2S/c15-9-5-6-10(12(17)7-9)13(19-18)8-20-14-4-2-1-3-11(14)16/h1-7,13,19H,8,18H2. The van der Waals surface area contributed by atoms with Gasteiger partial charge in [-0.25, -0.2) is 4.39 Å². The Morgan fingerprint density at radius 3 is 2.60 bits per heavy atom. The Labute approximate surface area is 131 Å². The van der Waals surface area contributed by atoms with Crippen LogP contribution in [0.1, 0.15) is 11.6 Å². The fraction of sp³-hybridized carbons (Fsp3) is 0.143. The molecule has 0 bridgehead atoms. The number of thioether (sulfide) groups is 1. The molecule has 0 saturated heterocycles. The minimum atomic E-state index is -0.375. The number of rotatable bonds is 5. The van der Waals surface area contributed by atoms with E-state index in [-0.39, 0.29) is 11.9 Å². The van der Waals surface area contributed by atoms with Gasteiger partial charge in [0.25, 0.3) is 0 Å². The van der Waals surface area contributed by atoms with E-state index in [0.717, 1.165) is 4.90 Å². The Morgan fingerprint density at radius 1 is 1.20 bits per heavy atom. The molecule has 0 aliphatic rings. The lowest BCUT2D eigenvalue weighted by atomic mass is 10.1. The summed E-state index contributed by atoms with van der Waals surface area (Å²) in [7, 11) is 0. The molecule has 20 heavy (non-hydrogen) atoms. The molecule has 0 fully saturated rings. The monoisotopic (exact) mass is 330 g/mol. The molecule has 1 atom stereocenters. The van der Waals surface area contributed by atoms with E-state index in [1.165, 1.54) is 17.8 Å². The molecule has 2 aromatic rings. The van der Waals surface area contributed by atoms with Gasteiger partial charge in [0, 0.05) is 21.2 Å². The highest BCUT2D eigenvalue weighted by molar-refractivity contribution is 7.99. The van der Waals surface area contributed by atoms with Gasteiger partial charge in [0.2, 0.25) is 0 Å². The van der Waals surface area contributed by atoms with E-state index in [0.29, 0.717) is 21.4 Å². The zero-order chi connectivity index (χ0) is 14.5. The van der Waals surface area contributed by atoms with E-state index in [1.807, 2.05) is 24.3 Å². The molecule has 0 aromatic heterocycles. The summed E-state index contributed by atoms with van der Waals surface area (Å²) in [6, 6.07) is 11.7. The maximum atomic E-state index is 13.9. The molecule has 0 saturated carbocycles. The van der Waals surface area contributed by atoms with Gasteiger partial charge in [0.1, 0.15) is 5.82 Å². The molecule has 0 heterocycles. The number of nitrogens with two attached hydrogens (primary N) is 1. The van der Waals surface area contributed by atoms with Gasteiger partial charge >= 0.3 is 0 Å². The second-order valence-corrected chi connectivity index (χ2v) is 6.03. The van der Waals surface area contributed by atoms with Crippen molar-refractivity contribution in [2.45, 2.75) is 10.9 Å². The fourth-order valence-electron chi connectivity index (χ4n) is 1.75. The van der Waals surface area contributed by atoms with E-state index in [1.54, 1.807) is 12.1 Å². The van der Waals surface area contributed by atoms with Gasteiger partial charge in [-0.1, -0.05) is 41.4 Å². The number of hydrogen-bond acceptors (Lipinski definition) is 3. The van der Waals surface area contributed by atoms with Crippen molar-refractivity contribution in [1.29, 1.82) is 0 Å². The summed E-state index contributed by atoms with van der Waals surface area (Å²) in [4.78, 5) is 0.934. The summed E-state index contributed by atoms with van der Waals surface area (Å²) in [6.45, 7) is 0. The van der Waals surface area contributed by atoms with Crippen molar-refractivity contribution in [2.75, 3.05) is 5.75 Å². The van der Waals surface area contributed by atoms with Crippen molar-refractivity contribution < 1.29 is 4.39 Å². The van der Waals surface area contributed by atoms with Gasteiger partial charge in [0.05, 0.1) is 11.1 Å². The summed E-state index contributed by atoms with van der Waals surface area (Å²) in [5.74, 6) is 5.70. The molecule has 106 valence electrons. The van der Waals surface area contributed by atoms with Gasteiger partial charge in [-0.2, -0.15) is 0 Å². The minimum Gasteiger partial charge on any atom is -0.271 e. The minimum absolute atomic E-state index is 0.325. The SMILES string of the molecule is NNC(CSc1ccccc1Cl)c1ccc(Cl)cc1F. The summed E-state index contributed by atoms with van der Waals surface area (Å²) >= 11 is 13.3. The summed E-state index contributed by atoms with van der Waals surface area (Å²) in [5.41, 5.74) is 3.10. The average Bonchev–Trinajstić information content (AvgIpc) is 2.43. The van der Waals surface area contributed by atoms with Crippen LogP contribution in [-0.2, 0) is 0 Å². The van der Waals surface area contributed by atoms with Crippen LogP contribution in [0.15, 0.2) is 47.4 Å². The van der Waals surface area contributed by atoms with Crippen LogP contribution in [0.25, 0.3) is 0 Å². The lowest BCUT2D eigenvalue weighted by molar-refractivity contribution is 0.546. The first-order chi connectivity index (χ1) is 9.61. The highest BCUT2D eigenvalue weighted by Gasteiger charge is 2.15. The van der Waals surface area contributed by atoms with Gasteiger partial charge in [-0.15, -0.1) is 11.8 Å². The topological polar surface area (TPSA) is 38.0 Å². The van der Waals surface area contributed by atoms with Crippen LogP contribution in [0.2, 0.25) is 10.0 Å². The van der Waals surface area contributed by atoms with Crippen LogP contribution in [0.4, 0.5) is 4.39 Å².